The monoisotopic (exact) mass is 220 g/mol. The van der Waals surface area contributed by atoms with Crippen molar-refractivity contribution in [3.63, 3.8) is 0 Å². The van der Waals surface area contributed by atoms with Gasteiger partial charge in [-0.2, -0.15) is 0 Å². The number of hydrogen-bond acceptors (Lipinski definition) is 1. The van der Waals surface area contributed by atoms with Crippen molar-refractivity contribution in [3.8, 4) is 0 Å². The third-order valence-corrected chi connectivity index (χ3v) is 4.93. The zero-order valence-electron chi connectivity index (χ0n) is 10.8. The maximum absolute atomic E-state index is 9.26. The maximum atomic E-state index is 9.26. The fourth-order valence-corrected chi connectivity index (χ4v) is 3.34. The molecule has 2 aliphatic rings. The highest BCUT2D eigenvalue weighted by molar-refractivity contribution is 5.30. The molecule has 0 aromatic heterocycles. The minimum absolute atomic E-state index is 0.235. The molecule has 0 bridgehead atoms. The third-order valence-electron chi connectivity index (χ3n) is 4.93. The molecule has 2 aliphatic carbocycles. The van der Waals surface area contributed by atoms with Crippen molar-refractivity contribution >= 4 is 0 Å². The SMILES string of the molecule is C/C(CO)=C1/CCC2=CCCC(C)C2(C)C1. The highest BCUT2D eigenvalue weighted by Gasteiger charge is 2.39. The average Bonchev–Trinajstić information content (AvgIpc) is 2.29. The number of fused-ring (bicyclic) bond motifs is 1. The van der Waals surface area contributed by atoms with E-state index >= 15 is 0 Å². The molecule has 0 aromatic rings. The zero-order valence-corrected chi connectivity index (χ0v) is 10.8. The molecule has 1 saturated carbocycles. The molecule has 0 spiro atoms. The van der Waals surface area contributed by atoms with E-state index in [0.717, 1.165) is 5.92 Å². The van der Waals surface area contributed by atoms with E-state index in [4.69, 9.17) is 0 Å². The van der Waals surface area contributed by atoms with Crippen molar-refractivity contribution in [1.82, 2.24) is 0 Å². The summed E-state index contributed by atoms with van der Waals surface area (Å²) in [4.78, 5) is 0. The quantitative estimate of drug-likeness (QED) is 0.666. The van der Waals surface area contributed by atoms with Crippen molar-refractivity contribution in [3.05, 3.63) is 22.8 Å². The summed E-state index contributed by atoms with van der Waals surface area (Å²) in [6.07, 6.45) is 8.63. The topological polar surface area (TPSA) is 20.2 Å². The smallest absolute Gasteiger partial charge is 0.0641 e. The van der Waals surface area contributed by atoms with Crippen LogP contribution in [0.25, 0.3) is 0 Å². The summed E-state index contributed by atoms with van der Waals surface area (Å²) in [5, 5.41) is 9.26. The number of rotatable bonds is 1. The van der Waals surface area contributed by atoms with Gasteiger partial charge in [-0.1, -0.05) is 31.1 Å². The lowest BCUT2D eigenvalue weighted by Crippen LogP contribution is -2.34. The molecular formula is C15H24O. The molecule has 0 heterocycles. The second-order valence-corrected chi connectivity index (χ2v) is 5.84. The molecule has 1 N–H and O–H groups in total. The average molecular weight is 220 g/mol. The Kier molecular flexibility index (Phi) is 3.25. The number of hydrogen-bond donors (Lipinski definition) is 1. The molecule has 0 aromatic carbocycles. The molecule has 1 heteroatoms. The molecule has 1 fully saturated rings. The molecule has 0 radical (unpaired) electrons. The first kappa shape index (κ1) is 11.9. The Morgan fingerprint density at radius 2 is 2.25 bits per heavy atom. The van der Waals surface area contributed by atoms with Gasteiger partial charge in [-0.3, -0.25) is 0 Å². The molecule has 2 unspecified atom stereocenters. The van der Waals surface area contributed by atoms with E-state index in [2.05, 4.69) is 26.8 Å². The van der Waals surface area contributed by atoms with Gasteiger partial charge in [-0.15, -0.1) is 0 Å². The van der Waals surface area contributed by atoms with Gasteiger partial charge < -0.3 is 5.11 Å². The molecule has 90 valence electrons. The fourth-order valence-electron chi connectivity index (χ4n) is 3.34. The van der Waals surface area contributed by atoms with Crippen LogP contribution in [0.4, 0.5) is 0 Å². The first-order valence-electron chi connectivity index (χ1n) is 6.56. The van der Waals surface area contributed by atoms with Gasteiger partial charge in [0.25, 0.3) is 0 Å². The Balaban J connectivity index is 2.29. The molecule has 2 atom stereocenters. The molecular weight excluding hydrogens is 196 g/mol. The van der Waals surface area contributed by atoms with Crippen LogP contribution in [0.1, 0.15) is 52.9 Å². The van der Waals surface area contributed by atoms with Crippen molar-refractivity contribution < 1.29 is 5.11 Å². The Labute approximate surface area is 99.3 Å². The lowest BCUT2D eigenvalue weighted by Gasteiger charge is -2.45. The van der Waals surface area contributed by atoms with Crippen LogP contribution in [0.3, 0.4) is 0 Å². The summed E-state index contributed by atoms with van der Waals surface area (Å²) in [5.74, 6) is 0.786. The van der Waals surface area contributed by atoms with Gasteiger partial charge in [0.05, 0.1) is 6.61 Å². The predicted octanol–water partition coefficient (Wildman–Crippen LogP) is 3.84. The van der Waals surface area contributed by atoms with Crippen LogP contribution in [0.5, 0.6) is 0 Å². The summed E-state index contributed by atoms with van der Waals surface area (Å²) in [7, 11) is 0. The van der Waals surface area contributed by atoms with Crippen molar-refractivity contribution in [1.29, 1.82) is 0 Å². The highest BCUT2D eigenvalue weighted by Crippen LogP contribution is 2.52. The Morgan fingerprint density at radius 1 is 1.50 bits per heavy atom. The van der Waals surface area contributed by atoms with Crippen LogP contribution in [0.2, 0.25) is 0 Å². The minimum Gasteiger partial charge on any atom is -0.392 e. The van der Waals surface area contributed by atoms with Gasteiger partial charge in [0.15, 0.2) is 0 Å². The summed E-state index contributed by atoms with van der Waals surface area (Å²) < 4.78 is 0. The Morgan fingerprint density at radius 3 is 2.94 bits per heavy atom. The van der Waals surface area contributed by atoms with E-state index in [1.54, 1.807) is 5.57 Å². The van der Waals surface area contributed by atoms with Crippen LogP contribution in [0.15, 0.2) is 22.8 Å². The van der Waals surface area contributed by atoms with Gasteiger partial charge in [0.2, 0.25) is 0 Å². The van der Waals surface area contributed by atoms with E-state index in [1.807, 2.05) is 0 Å². The maximum Gasteiger partial charge on any atom is 0.0641 e. The summed E-state index contributed by atoms with van der Waals surface area (Å²) in [5.41, 5.74) is 4.78. The molecule has 2 rings (SSSR count). The van der Waals surface area contributed by atoms with Gasteiger partial charge in [0, 0.05) is 0 Å². The summed E-state index contributed by atoms with van der Waals surface area (Å²) >= 11 is 0. The predicted molar refractivity (Wildman–Crippen MR) is 68.2 cm³/mol. The van der Waals surface area contributed by atoms with E-state index in [0.29, 0.717) is 5.41 Å². The van der Waals surface area contributed by atoms with Gasteiger partial charge >= 0.3 is 0 Å². The summed E-state index contributed by atoms with van der Waals surface area (Å²) in [6, 6.07) is 0. The Bertz CT molecular complexity index is 337. The molecule has 16 heavy (non-hydrogen) atoms. The third kappa shape index (κ3) is 1.86. The van der Waals surface area contributed by atoms with Crippen LogP contribution in [-0.2, 0) is 0 Å². The molecule has 0 amide bonds. The standard InChI is InChI=1S/C15H24O/c1-11(10-16)13-7-8-14-6-4-5-12(2)15(14,3)9-13/h6,12,16H,4-5,7-10H2,1-3H3/b13-11+. The number of allylic oxidation sites excluding steroid dienone is 3. The van der Waals surface area contributed by atoms with Crippen LogP contribution >= 0.6 is 0 Å². The Hall–Kier alpha value is -0.560. The van der Waals surface area contributed by atoms with E-state index < -0.39 is 0 Å². The van der Waals surface area contributed by atoms with Crippen LogP contribution in [0, 0.1) is 11.3 Å². The van der Waals surface area contributed by atoms with Crippen LogP contribution in [-0.4, -0.2) is 11.7 Å². The van der Waals surface area contributed by atoms with Crippen molar-refractivity contribution in [2.24, 2.45) is 11.3 Å². The normalized spacial score (nSPS) is 37.8. The molecule has 0 aliphatic heterocycles. The van der Waals surface area contributed by atoms with Gasteiger partial charge in [0.1, 0.15) is 0 Å². The number of aliphatic hydroxyl groups is 1. The number of aliphatic hydroxyl groups excluding tert-OH is 1. The van der Waals surface area contributed by atoms with Gasteiger partial charge in [-0.05, 0) is 55.9 Å². The van der Waals surface area contributed by atoms with Crippen LogP contribution < -0.4 is 0 Å². The highest BCUT2D eigenvalue weighted by atomic mass is 16.3. The second-order valence-electron chi connectivity index (χ2n) is 5.84. The van der Waals surface area contributed by atoms with E-state index in [1.165, 1.54) is 43.3 Å². The lowest BCUT2D eigenvalue weighted by atomic mass is 9.59. The lowest BCUT2D eigenvalue weighted by molar-refractivity contribution is 0.202. The first-order chi connectivity index (χ1) is 7.58. The largest absolute Gasteiger partial charge is 0.392 e. The van der Waals surface area contributed by atoms with Crippen molar-refractivity contribution in [2.75, 3.05) is 6.61 Å². The molecule has 0 saturated heterocycles. The van der Waals surface area contributed by atoms with E-state index in [-0.39, 0.29) is 6.61 Å². The summed E-state index contributed by atoms with van der Waals surface area (Å²) in [6.45, 7) is 7.14. The van der Waals surface area contributed by atoms with E-state index in [9.17, 15) is 5.11 Å². The van der Waals surface area contributed by atoms with Crippen molar-refractivity contribution in [2.45, 2.75) is 52.9 Å². The second kappa shape index (κ2) is 4.37. The zero-order chi connectivity index (χ0) is 11.8. The molecule has 1 nitrogen and oxygen atoms in total. The van der Waals surface area contributed by atoms with Gasteiger partial charge in [-0.25, -0.2) is 0 Å². The first-order valence-corrected chi connectivity index (χ1v) is 6.56. The fraction of sp³-hybridized carbons (Fsp3) is 0.733. The minimum atomic E-state index is 0.235.